The van der Waals surface area contributed by atoms with E-state index >= 15 is 0 Å². The van der Waals surface area contributed by atoms with Crippen molar-refractivity contribution >= 4 is 17.7 Å². The Balaban J connectivity index is 2.24. The van der Waals surface area contributed by atoms with E-state index in [4.69, 9.17) is 13.9 Å². The van der Waals surface area contributed by atoms with Crippen LogP contribution >= 0.6 is 0 Å². The summed E-state index contributed by atoms with van der Waals surface area (Å²) in [5.74, 6) is -1.85. The fourth-order valence-corrected chi connectivity index (χ4v) is 2.68. The molecule has 0 radical (unpaired) electrons. The molecular formula is C21H24O6. The number of benzene rings is 1. The molecule has 6 heteroatoms. The number of esters is 2. The minimum absolute atomic E-state index is 0.0281. The van der Waals surface area contributed by atoms with Crippen molar-refractivity contribution in [1.29, 1.82) is 0 Å². The lowest BCUT2D eigenvalue weighted by atomic mass is 10.0. The van der Waals surface area contributed by atoms with Crippen LogP contribution in [0.15, 0.2) is 34.7 Å². The van der Waals surface area contributed by atoms with Crippen molar-refractivity contribution in [3.8, 4) is 0 Å². The molecule has 0 saturated heterocycles. The van der Waals surface area contributed by atoms with Crippen molar-refractivity contribution in [2.45, 2.75) is 34.1 Å². The van der Waals surface area contributed by atoms with E-state index in [-0.39, 0.29) is 25.4 Å². The zero-order chi connectivity index (χ0) is 20.0. The van der Waals surface area contributed by atoms with Gasteiger partial charge in [0.1, 0.15) is 11.5 Å². The Morgan fingerprint density at radius 1 is 0.963 bits per heavy atom. The molecule has 0 saturated carbocycles. The van der Waals surface area contributed by atoms with Crippen LogP contribution in [0.5, 0.6) is 0 Å². The van der Waals surface area contributed by atoms with Gasteiger partial charge in [-0.15, -0.1) is 0 Å². The van der Waals surface area contributed by atoms with Crippen molar-refractivity contribution in [3.63, 3.8) is 0 Å². The number of aryl methyl sites for hydroxylation is 2. The van der Waals surface area contributed by atoms with E-state index in [1.54, 1.807) is 39.0 Å². The maximum absolute atomic E-state index is 12.7. The van der Waals surface area contributed by atoms with Gasteiger partial charge in [0.05, 0.1) is 18.8 Å². The molecule has 144 valence electrons. The minimum Gasteiger partial charge on any atom is -0.466 e. The molecular weight excluding hydrogens is 348 g/mol. The lowest BCUT2D eigenvalue weighted by molar-refractivity contribution is -0.161. The second-order valence-corrected chi connectivity index (χ2v) is 6.14. The summed E-state index contributed by atoms with van der Waals surface area (Å²) in [6.45, 7) is 7.26. The van der Waals surface area contributed by atoms with Crippen LogP contribution < -0.4 is 0 Å². The minimum atomic E-state index is -1.13. The van der Waals surface area contributed by atoms with Crippen LogP contribution in [0.1, 0.15) is 46.9 Å². The number of carbonyl (C=O) groups excluding carboxylic acids is 3. The average molecular weight is 372 g/mol. The third kappa shape index (κ3) is 5.06. The number of ether oxygens (including phenoxy) is 2. The molecule has 0 atom stereocenters. The highest BCUT2D eigenvalue weighted by atomic mass is 16.6. The van der Waals surface area contributed by atoms with E-state index in [0.29, 0.717) is 22.6 Å². The van der Waals surface area contributed by atoms with Crippen molar-refractivity contribution in [1.82, 2.24) is 0 Å². The zero-order valence-electron chi connectivity index (χ0n) is 16.0. The summed E-state index contributed by atoms with van der Waals surface area (Å²) in [4.78, 5) is 36.9. The van der Waals surface area contributed by atoms with Crippen molar-refractivity contribution in [2.75, 3.05) is 13.2 Å². The second kappa shape index (κ2) is 9.16. The molecule has 6 nitrogen and oxygen atoms in total. The largest absolute Gasteiger partial charge is 0.466 e. The van der Waals surface area contributed by atoms with E-state index in [1.165, 1.54) is 0 Å². The van der Waals surface area contributed by atoms with Gasteiger partial charge in [-0.25, -0.2) is 0 Å². The van der Waals surface area contributed by atoms with Crippen LogP contribution in [-0.4, -0.2) is 30.9 Å². The maximum Gasteiger partial charge on any atom is 0.320 e. The molecule has 0 aliphatic heterocycles. The Kier molecular flexibility index (Phi) is 6.93. The molecule has 0 fully saturated rings. The first-order valence-electron chi connectivity index (χ1n) is 8.91. The third-order valence-electron chi connectivity index (χ3n) is 4.07. The summed E-state index contributed by atoms with van der Waals surface area (Å²) in [6.07, 6.45) is -0.0281. The highest BCUT2D eigenvalue weighted by Crippen LogP contribution is 2.22. The third-order valence-corrected chi connectivity index (χ3v) is 4.07. The van der Waals surface area contributed by atoms with Gasteiger partial charge < -0.3 is 13.9 Å². The molecule has 2 rings (SSSR count). The van der Waals surface area contributed by atoms with Gasteiger partial charge in [0, 0.05) is 12.0 Å². The summed E-state index contributed by atoms with van der Waals surface area (Å²) in [7, 11) is 0. The quantitative estimate of drug-likeness (QED) is 0.401. The van der Waals surface area contributed by atoms with Crippen LogP contribution in [0.25, 0.3) is 0 Å². The summed E-state index contributed by atoms with van der Waals surface area (Å²) in [6, 6.07) is 8.80. The summed E-state index contributed by atoms with van der Waals surface area (Å²) < 4.78 is 15.6. The van der Waals surface area contributed by atoms with Crippen LogP contribution in [0.4, 0.5) is 0 Å². The molecule has 0 unspecified atom stereocenters. The Hall–Kier alpha value is -2.89. The molecule has 27 heavy (non-hydrogen) atoms. The second-order valence-electron chi connectivity index (χ2n) is 6.14. The predicted octanol–water partition coefficient (Wildman–Crippen LogP) is 3.41. The maximum atomic E-state index is 12.7. The predicted molar refractivity (Wildman–Crippen MR) is 98.5 cm³/mol. The van der Waals surface area contributed by atoms with Gasteiger partial charge >= 0.3 is 11.9 Å². The first-order valence-corrected chi connectivity index (χ1v) is 8.91. The Morgan fingerprint density at radius 2 is 1.52 bits per heavy atom. The number of hydrogen-bond donors (Lipinski definition) is 0. The molecule has 0 N–H and O–H groups in total. The van der Waals surface area contributed by atoms with E-state index in [1.807, 2.05) is 19.1 Å². The number of ketones is 1. The van der Waals surface area contributed by atoms with Crippen molar-refractivity contribution in [3.05, 3.63) is 58.5 Å². The molecule has 1 heterocycles. The Bertz CT molecular complexity index is 798. The highest BCUT2D eigenvalue weighted by molar-refractivity contribution is 6.09. The van der Waals surface area contributed by atoms with Crippen LogP contribution in [0, 0.1) is 19.8 Å². The normalized spacial score (nSPS) is 10.7. The lowest BCUT2D eigenvalue weighted by Crippen LogP contribution is -2.29. The molecule has 1 aromatic carbocycles. The van der Waals surface area contributed by atoms with E-state index in [2.05, 4.69) is 0 Å². The molecule has 0 amide bonds. The fourth-order valence-electron chi connectivity index (χ4n) is 2.68. The smallest absolute Gasteiger partial charge is 0.320 e. The SMILES string of the molecule is CCOC(=O)C(Cc1cc(C(=O)c2ccc(C)cc2)c(C)o1)C(=O)OCC. The topological polar surface area (TPSA) is 82.8 Å². The molecule has 0 bridgehead atoms. The van der Waals surface area contributed by atoms with Gasteiger partial charge in [-0.3, -0.25) is 14.4 Å². The first-order chi connectivity index (χ1) is 12.9. The van der Waals surface area contributed by atoms with Gasteiger partial charge in [0.2, 0.25) is 0 Å². The monoisotopic (exact) mass is 372 g/mol. The van der Waals surface area contributed by atoms with Crippen molar-refractivity contribution < 1.29 is 28.3 Å². The van der Waals surface area contributed by atoms with Crippen LogP contribution in [0.3, 0.4) is 0 Å². The zero-order valence-corrected chi connectivity index (χ0v) is 16.0. The van der Waals surface area contributed by atoms with Crippen LogP contribution in [-0.2, 0) is 25.5 Å². The number of rotatable bonds is 8. The van der Waals surface area contributed by atoms with E-state index in [0.717, 1.165) is 5.56 Å². The summed E-state index contributed by atoms with van der Waals surface area (Å²) in [5, 5.41) is 0. The molecule has 0 aliphatic carbocycles. The number of hydrogen-bond acceptors (Lipinski definition) is 6. The van der Waals surface area contributed by atoms with Gasteiger partial charge in [-0.05, 0) is 33.8 Å². The van der Waals surface area contributed by atoms with E-state index < -0.39 is 17.9 Å². The molecule has 2 aromatic rings. The first kappa shape index (κ1) is 20.4. The molecule has 0 aliphatic rings. The molecule has 0 spiro atoms. The lowest BCUT2D eigenvalue weighted by Gasteiger charge is -2.12. The van der Waals surface area contributed by atoms with Gasteiger partial charge in [-0.2, -0.15) is 0 Å². The van der Waals surface area contributed by atoms with Crippen molar-refractivity contribution in [2.24, 2.45) is 5.92 Å². The average Bonchev–Trinajstić information content (AvgIpc) is 3.00. The summed E-state index contributed by atoms with van der Waals surface area (Å²) >= 11 is 0. The summed E-state index contributed by atoms with van der Waals surface area (Å²) in [5.41, 5.74) is 2.01. The van der Waals surface area contributed by atoms with Gasteiger partial charge in [-0.1, -0.05) is 29.8 Å². The fraction of sp³-hybridized carbons (Fsp3) is 0.381. The highest BCUT2D eigenvalue weighted by Gasteiger charge is 2.31. The molecule has 1 aromatic heterocycles. The van der Waals surface area contributed by atoms with E-state index in [9.17, 15) is 14.4 Å². The number of furan rings is 1. The van der Waals surface area contributed by atoms with Crippen LogP contribution in [0.2, 0.25) is 0 Å². The Labute approximate surface area is 158 Å². The number of carbonyl (C=O) groups is 3. The van der Waals surface area contributed by atoms with Gasteiger partial charge in [0.25, 0.3) is 0 Å². The van der Waals surface area contributed by atoms with Gasteiger partial charge in [0.15, 0.2) is 11.7 Å². The standard InChI is InChI=1S/C21H24O6/c1-5-25-20(23)18(21(24)26-6-2)12-16-11-17(14(4)27-16)19(22)15-9-7-13(3)8-10-15/h7-11,18H,5-6,12H2,1-4H3. The Morgan fingerprint density at radius 3 is 2.04 bits per heavy atom.